The second-order valence-electron chi connectivity index (χ2n) is 6.00. The van der Waals surface area contributed by atoms with Crippen LogP contribution in [-0.2, 0) is 9.47 Å². The van der Waals surface area contributed by atoms with Gasteiger partial charge >= 0.3 is 11.9 Å². The quantitative estimate of drug-likeness (QED) is 0.593. The second kappa shape index (κ2) is 9.19. The summed E-state index contributed by atoms with van der Waals surface area (Å²) in [7, 11) is 2.46. The summed E-state index contributed by atoms with van der Waals surface area (Å²) in [6.45, 7) is 1.59. The van der Waals surface area contributed by atoms with Gasteiger partial charge in [0.2, 0.25) is 5.88 Å². The minimum atomic E-state index is -0.665. The molecule has 0 aliphatic rings. The van der Waals surface area contributed by atoms with E-state index >= 15 is 0 Å². The predicted molar refractivity (Wildman–Crippen MR) is 110 cm³/mol. The van der Waals surface area contributed by atoms with Crippen LogP contribution in [0.2, 0.25) is 0 Å². The Balaban J connectivity index is 1.88. The molecule has 0 atom stereocenters. The number of hydrogen-bond acceptors (Lipinski definition) is 8. The van der Waals surface area contributed by atoms with Crippen molar-refractivity contribution in [3.63, 3.8) is 0 Å². The van der Waals surface area contributed by atoms with E-state index in [4.69, 9.17) is 14.2 Å². The van der Waals surface area contributed by atoms with Gasteiger partial charge in [0.1, 0.15) is 15.6 Å². The Labute approximate surface area is 176 Å². The summed E-state index contributed by atoms with van der Waals surface area (Å²) >= 11 is 0.944. The van der Waals surface area contributed by atoms with Gasteiger partial charge in [-0.25, -0.2) is 14.6 Å². The largest absolute Gasteiger partial charge is 0.465 e. The van der Waals surface area contributed by atoms with Crippen LogP contribution in [0.15, 0.2) is 48.7 Å². The van der Waals surface area contributed by atoms with Gasteiger partial charge in [-0.3, -0.25) is 4.79 Å². The summed E-state index contributed by atoms with van der Waals surface area (Å²) in [4.78, 5) is 41.3. The molecule has 0 bridgehead atoms. The molecule has 0 saturated heterocycles. The van der Waals surface area contributed by atoms with Crippen LogP contribution in [0.4, 0.5) is 5.00 Å². The van der Waals surface area contributed by atoms with E-state index in [1.165, 1.54) is 14.2 Å². The molecular formula is C21H18N2O6S. The summed E-state index contributed by atoms with van der Waals surface area (Å²) in [5.74, 6) is -0.938. The Morgan fingerprint density at radius 2 is 1.77 bits per heavy atom. The maximum Gasteiger partial charge on any atom is 0.348 e. The summed E-state index contributed by atoms with van der Waals surface area (Å²) in [6.07, 6.45) is 1.60. The highest BCUT2D eigenvalue weighted by molar-refractivity contribution is 7.18. The van der Waals surface area contributed by atoms with Gasteiger partial charge in [-0.2, -0.15) is 0 Å². The minimum absolute atomic E-state index is 0.108. The van der Waals surface area contributed by atoms with Crippen molar-refractivity contribution in [3.8, 4) is 11.6 Å². The molecular weight excluding hydrogens is 408 g/mol. The van der Waals surface area contributed by atoms with E-state index in [9.17, 15) is 14.4 Å². The number of rotatable bonds is 6. The standard InChI is InChI=1S/C21H18N2O6S/c1-12-16(20(25)27-2)19(30-17(12)21(26)28-3)23-18(24)13-7-6-8-14(11-13)29-15-9-4-5-10-22-15/h4-11H,1-3H3,(H,23,24). The van der Waals surface area contributed by atoms with Crippen molar-refractivity contribution in [3.05, 3.63) is 70.2 Å². The number of thiophene rings is 1. The molecule has 2 heterocycles. The number of carbonyl (C=O) groups is 3. The zero-order chi connectivity index (χ0) is 21.7. The van der Waals surface area contributed by atoms with Crippen LogP contribution >= 0.6 is 11.3 Å². The third kappa shape index (κ3) is 4.47. The molecule has 30 heavy (non-hydrogen) atoms. The molecule has 1 N–H and O–H groups in total. The van der Waals surface area contributed by atoms with Crippen LogP contribution in [0.3, 0.4) is 0 Å². The van der Waals surface area contributed by atoms with Gasteiger partial charge in [0.15, 0.2) is 0 Å². The lowest BCUT2D eigenvalue weighted by molar-refractivity contribution is 0.0601. The van der Waals surface area contributed by atoms with Crippen molar-refractivity contribution in [1.29, 1.82) is 0 Å². The predicted octanol–water partition coefficient (Wildman–Crippen LogP) is 4.07. The summed E-state index contributed by atoms with van der Waals surface area (Å²) < 4.78 is 15.2. The molecule has 0 aliphatic heterocycles. The van der Waals surface area contributed by atoms with Crippen LogP contribution in [0.1, 0.15) is 36.0 Å². The van der Waals surface area contributed by atoms with E-state index in [1.54, 1.807) is 55.6 Å². The molecule has 154 valence electrons. The number of anilines is 1. The fraction of sp³-hybridized carbons (Fsp3) is 0.143. The third-order valence-electron chi connectivity index (χ3n) is 4.09. The lowest BCUT2D eigenvalue weighted by Crippen LogP contribution is -2.14. The Morgan fingerprint density at radius 1 is 1.00 bits per heavy atom. The number of aromatic nitrogens is 1. The fourth-order valence-electron chi connectivity index (χ4n) is 2.64. The topological polar surface area (TPSA) is 104 Å². The number of benzene rings is 1. The van der Waals surface area contributed by atoms with Gasteiger partial charge in [0.05, 0.1) is 19.8 Å². The number of methoxy groups -OCH3 is 2. The van der Waals surface area contributed by atoms with Crippen molar-refractivity contribution < 1.29 is 28.6 Å². The van der Waals surface area contributed by atoms with Gasteiger partial charge in [0, 0.05) is 17.8 Å². The van der Waals surface area contributed by atoms with E-state index < -0.39 is 17.8 Å². The summed E-state index contributed by atoms with van der Waals surface area (Å²) in [5.41, 5.74) is 0.781. The Morgan fingerprint density at radius 3 is 2.43 bits per heavy atom. The third-order valence-corrected chi connectivity index (χ3v) is 5.28. The molecule has 0 spiro atoms. The smallest absolute Gasteiger partial charge is 0.348 e. The zero-order valence-electron chi connectivity index (χ0n) is 16.4. The number of hydrogen-bond donors (Lipinski definition) is 1. The van der Waals surface area contributed by atoms with Crippen molar-refractivity contribution in [2.75, 3.05) is 19.5 Å². The Hall–Kier alpha value is -3.72. The second-order valence-corrected chi connectivity index (χ2v) is 7.02. The first-order chi connectivity index (χ1) is 14.4. The molecule has 0 fully saturated rings. The number of esters is 2. The van der Waals surface area contributed by atoms with Crippen LogP contribution in [-0.4, -0.2) is 37.0 Å². The highest BCUT2D eigenvalue weighted by atomic mass is 32.1. The lowest BCUT2D eigenvalue weighted by Gasteiger charge is -2.08. The SMILES string of the molecule is COC(=O)c1sc(NC(=O)c2cccc(Oc3ccccn3)c2)c(C(=O)OC)c1C. The first-order valence-electron chi connectivity index (χ1n) is 8.75. The molecule has 0 saturated carbocycles. The monoisotopic (exact) mass is 426 g/mol. The highest BCUT2D eigenvalue weighted by Gasteiger charge is 2.27. The Bertz CT molecular complexity index is 1090. The molecule has 0 aliphatic carbocycles. The maximum absolute atomic E-state index is 12.8. The average Bonchev–Trinajstić information content (AvgIpc) is 3.09. The van der Waals surface area contributed by atoms with E-state index in [0.29, 0.717) is 22.8 Å². The number of amides is 1. The van der Waals surface area contributed by atoms with Gasteiger partial charge < -0.3 is 19.5 Å². The van der Waals surface area contributed by atoms with E-state index in [1.807, 2.05) is 0 Å². The molecule has 3 aromatic rings. The molecule has 1 aromatic carbocycles. The molecule has 2 aromatic heterocycles. The molecule has 1 amide bonds. The first kappa shape index (κ1) is 21.0. The highest BCUT2D eigenvalue weighted by Crippen LogP contribution is 2.34. The number of pyridine rings is 1. The van der Waals surface area contributed by atoms with E-state index in [2.05, 4.69) is 10.3 Å². The van der Waals surface area contributed by atoms with Crippen molar-refractivity contribution >= 4 is 34.2 Å². The van der Waals surface area contributed by atoms with Crippen LogP contribution in [0.25, 0.3) is 0 Å². The van der Waals surface area contributed by atoms with E-state index in [0.717, 1.165) is 11.3 Å². The minimum Gasteiger partial charge on any atom is -0.465 e. The first-order valence-corrected chi connectivity index (χ1v) is 9.56. The number of ether oxygens (including phenoxy) is 3. The number of nitrogens with zero attached hydrogens (tertiary/aromatic N) is 1. The maximum atomic E-state index is 12.8. The van der Waals surface area contributed by atoms with E-state index in [-0.39, 0.29) is 15.4 Å². The Kier molecular flexibility index (Phi) is 6.43. The molecule has 8 nitrogen and oxygen atoms in total. The summed E-state index contributed by atoms with van der Waals surface area (Å²) in [5, 5.41) is 2.87. The zero-order valence-corrected chi connectivity index (χ0v) is 17.2. The number of nitrogens with one attached hydrogen (secondary N) is 1. The van der Waals surface area contributed by atoms with Crippen molar-refractivity contribution in [1.82, 2.24) is 4.98 Å². The molecule has 0 unspecified atom stereocenters. The van der Waals surface area contributed by atoms with Crippen LogP contribution < -0.4 is 10.1 Å². The normalized spacial score (nSPS) is 10.2. The van der Waals surface area contributed by atoms with Crippen LogP contribution in [0.5, 0.6) is 11.6 Å². The average molecular weight is 426 g/mol. The molecule has 9 heteroatoms. The summed E-state index contributed by atoms with van der Waals surface area (Å²) in [6, 6.07) is 11.7. The van der Waals surface area contributed by atoms with Gasteiger partial charge in [0.25, 0.3) is 5.91 Å². The van der Waals surface area contributed by atoms with Crippen molar-refractivity contribution in [2.45, 2.75) is 6.92 Å². The van der Waals surface area contributed by atoms with Gasteiger partial charge in [-0.1, -0.05) is 12.1 Å². The molecule has 3 rings (SSSR count). The van der Waals surface area contributed by atoms with Gasteiger partial charge in [-0.15, -0.1) is 11.3 Å². The number of carbonyl (C=O) groups excluding carboxylic acids is 3. The molecule has 0 radical (unpaired) electrons. The van der Waals surface area contributed by atoms with Crippen molar-refractivity contribution in [2.24, 2.45) is 0 Å². The van der Waals surface area contributed by atoms with Crippen LogP contribution in [0, 0.1) is 6.92 Å². The fourth-order valence-corrected chi connectivity index (χ4v) is 3.75. The van der Waals surface area contributed by atoms with Gasteiger partial charge in [-0.05, 0) is 36.8 Å². The lowest BCUT2D eigenvalue weighted by atomic mass is 10.1.